The number of carboxylic acids is 1. The maximum Gasteiger partial charge on any atom is 0.356 e. The summed E-state index contributed by atoms with van der Waals surface area (Å²) in [6.45, 7) is 23.3. The number of carboxylic acid groups (broad SMARTS) is 1. The van der Waals surface area contributed by atoms with E-state index in [1.807, 2.05) is 115 Å². The summed E-state index contributed by atoms with van der Waals surface area (Å²) >= 11 is 0. The van der Waals surface area contributed by atoms with Gasteiger partial charge in [-0.3, -0.25) is 4.79 Å². The lowest BCUT2D eigenvalue weighted by molar-refractivity contribution is -0.117. The Morgan fingerprint density at radius 2 is 1.48 bits per heavy atom. The van der Waals surface area contributed by atoms with Gasteiger partial charge in [0.2, 0.25) is 11.8 Å². The first kappa shape index (κ1) is 45.6. The van der Waals surface area contributed by atoms with Crippen molar-refractivity contribution in [2.75, 3.05) is 12.4 Å². The van der Waals surface area contributed by atoms with Crippen molar-refractivity contribution < 1.29 is 24.2 Å². The highest BCUT2D eigenvalue weighted by Crippen LogP contribution is 2.25. The van der Waals surface area contributed by atoms with E-state index in [1.54, 1.807) is 18.2 Å². The lowest BCUT2D eigenvalue weighted by atomic mass is 10.2. The molecule has 0 unspecified atom stereocenters. The molecule has 0 spiro atoms. The van der Waals surface area contributed by atoms with E-state index in [0.717, 1.165) is 18.4 Å². The average Bonchev–Trinajstić information content (AvgIpc) is 3.52. The lowest BCUT2D eigenvalue weighted by Crippen LogP contribution is -2.20. The van der Waals surface area contributed by atoms with E-state index in [9.17, 15) is 9.59 Å². The van der Waals surface area contributed by atoms with Crippen molar-refractivity contribution in [3.05, 3.63) is 122 Å². The molecule has 1 amide bonds. The van der Waals surface area contributed by atoms with Gasteiger partial charge in [0.05, 0.1) is 12.8 Å². The number of methoxy groups -OCH3 is 1. The second kappa shape index (κ2) is 33.1. The molecular formula is C38H57N3O5. The van der Waals surface area contributed by atoms with Crippen molar-refractivity contribution >= 4 is 17.6 Å². The maximum absolute atomic E-state index is 12.4. The molecule has 8 nitrogen and oxygen atoms in total. The van der Waals surface area contributed by atoms with E-state index >= 15 is 0 Å². The van der Waals surface area contributed by atoms with Gasteiger partial charge in [0, 0.05) is 6.07 Å². The van der Waals surface area contributed by atoms with Crippen molar-refractivity contribution in [2.24, 2.45) is 0 Å². The number of nitrogens with zero attached hydrogens (tertiary/aromatic N) is 2. The van der Waals surface area contributed by atoms with Gasteiger partial charge in [-0.25, -0.2) is 9.48 Å². The fourth-order valence-corrected chi connectivity index (χ4v) is 2.77. The highest BCUT2D eigenvalue weighted by atomic mass is 16.5. The summed E-state index contributed by atoms with van der Waals surface area (Å²) in [4.78, 5) is 23.5. The Bertz CT molecular complexity index is 1240. The number of ether oxygens (including phenoxy) is 2. The van der Waals surface area contributed by atoms with Gasteiger partial charge in [0.1, 0.15) is 18.9 Å². The first-order valence-electron chi connectivity index (χ1n) is 15.6. The number of aromatic nitrogens is 2. The smallest absolute Gasteiger partial charge is 0.356 e. The van der Waals surface area contributed by atoms with Gasteiger partial charge in [-0.1, -0.05) is 114 Å². The number of nitrogens with one attached hydrogen (secondary N) is 1. The van der Waals surface area contributed by atoms with E-state index in [1.165, 1.54) is 17.9 Å². The van der Waals surface area contributed by atoms with Gasteiger partial charge in [-0.05, 0) is 51.3 Å². The number of rotatable bonds is 11. The third kappa shape index (κ3) is 22.7. The van der Waals surface area contributed by atoms with Crippen LogP contribution in [0, 0.1) is 0 Å². The molecule has 0 fully saturated rings. The van der Waals surface area contributed by atoms with Crippen LogP contribution in [0.5, 0.6) is 11.6 Å². The minimum atomic E-state index is -1.20. The molecule has 0 aliphatic rings. The molecule has 0 saturated heterocycles. The van der Waals surface area contributed by atoms with E-state index < -0.39 is 11.9 Å². The minimum Gasteiger partial charge on any atom is -0.487 e. The molecule has 0 saturated carbocycles. The zero-order chi connectivity index (χ0) is 35.6. The number of benzene rings is 2. The SMILES string of the molecule is C/C=C/C.C=CC/C=C/C.C=CCC.CC.CC.COc1cc(C(=O)O)nn1CC(=O)Nc1ccccc1OCc1ccccc1. The molecule has 2 N–H and O–H groups in total. The van der Waals surface area contributed by atoms with Crippen LogP contribution in [0.15, 0.2) is 110 Å². The Morgan fingerprint density at radius 1 is 0.913 bits per heavy atom. The summed E-state index contributed by atoms with van der Waals surface area (Å²) < 4.78 is 12.1. The second-order valence-corrected chi connectivity index (χ2v) is 8.31. The number of para-hydroxylation sites is 2. The molecule has 0 aliphatic carbocycles. The first-order chi connectivity index (χ1) is 22.3. The van der Waals surface area contributed by atoms with Crippen LogP contribution < -0.4 is 14.8 Å². The molecule has 0 aliphatic heterocycles. The van der Waals surface area contributed by atoms with E-state index in [-0.39, 0.29) is 18.1 Å². The number of anilines is 1. The zero-order valence-corrected chi connectivity index (χ0v) is 29.5. The molecule has 254 valence electrons. The fraction of sp³-hybridized carbons (Fsp3) is 0.342. The summed E-state index contributed by atoms with van der Waals surface area (Å²) in [6.07, 6.45) is 13.9. The van der Waals surface area contributed by atoms with Gasteiger partial charge in [0.25, 0.3) is 0 Å². The number of allylic oxidation sites excluding steroid dienone is 6. The summed E-state index contributed by atoms with van der Waals surface area (Å²) in [6, 6.07) is 18.0. The van der Waals surface area contributed by atoms with Crippen LogP contribution in [0.4, 0.5) is 5.69 Å². The number of hydrogen-bond acceptors (Lipinski definition) is 5. The quantitative estimate of drug-likeness (QED) is 0.203. The molecule has 46 heavy (non-hydrogen) atoms. The third-order valence-corrected chi connectivity index (χ3v) is 5.02. The van der Waals surface area contributed by atoms with E-state index in [4.69, 9.17) is 14.6 Å². The van der Waals surface area contributed by atoms with E-state index in [2.05, 4.69) is 36.6 Å². The monoisotopic (exact) mass is 635 g/mol. The van der Waals surface area contributed by atoms with Crippen molar-refractivity contribution in [3.8, 4) is 11.6 Å². The maximum atomic E-state index is 12.4. The molecule has 1 heterocycles. The second-order valence-electron chi connectivity index (χ2n) is 8.31. The van der Waals surface area contributed by atoms with Crippen LogP contribution in [-0.4, -0.2) is 33.9 Å². The lowest BCUT2D eigenvalue weighted by Gasteiger charge is -2.13. The highest BCUT2D eigenvalue weighted by molar-refractivity contribution is 5.92. The zero-order valence-electron chi connectivity index (χ0n) is 29.5. The van der Waals surface area contributed by atoms with Crippen LogP contribution in [0.3, 0.4) is 0 Å². The number of amides is 1. The Labute approximate surface area is 278 Å². The van der Waals surface area contributed by atoms with Gasteiger partial charge in [-0.2, -0.15) is 5.10 Å². The topological polar surface area (TPSA) is 103 Å². The van der Waals surface area contributed by atoms with Crippen molar-refractivity contribution in [1.29, 1.82) is 0 Å². The average molecular weight is 636 g/mol. The fourth-order valence-electron chi connectivity index (χ4n) is 2.77. The molecular weight excluding hydrogens is 578 g/mol. The Kier molecular flexibility index (Phi) is 32.7. The van der Waals surface area contributed by atoms with Crippen molar-refractivity contribution in [1.82, 2.24) is 9.78 Å². The molecule has 0 radical (unpaired) electrons. The van der Waals surface area contributed by atoms with Crippen LogP contribution in [0.1, 0.15) is 84.3 Å². The van der Waals surface area contributed by atoms with Crippen LogP contribution in [-0.2, 0) is 17.9 Å². The predicted octanol–water partition coefficient (Wildman–Crippen LogP) is 10.2. The Balaban J connectivity index is -0.000000851. The molecule has 0 atom stereocenters. The minimum absolute atomic E-state index is 0.182. The molecule has 0 bridgehead atoms. The Hall–Kier alpha value is -4.85. The summed E-state index contributed by atoms with van der Waals surface area (Å²) in [5, 5.41) is 15.6. The van der Waals surface area contributed by atoms with Gasteiger partial charge >= 0.3 is 5.97 Å². The highest BCUT2D eigenvalue weighted by Gasteiger charge is 2.16. The van der Waals surface area contributed by atoms with Crippen molar-refractivity contribution in [3.63, 3.8) is 0 Å². The number of carbonyl (C=O) groups is 2. The summed E-state index contributed by atoms with van der Waals surface area (Å²) in [7, 11) is 1.38. The van der Waals surface area contributed by atoms with E-state index in [0.29, 0.717) is 18.0 Å². The normalized spacial score (nSPS) is 9.15. The number of carbonyl (C=O) groups excluding carboxylic acids is 1. The van der Waals surface area contributed by atoms with Crippen molar-refractivity contribution in [2.45, 2.75) is 81.4 Å². The predicted molar refractivity (Wildman–Crippen MR) is 195 cm³/mol. The molecule has 2 aromatic carbocycles. The number of hydrogen-bond donors (Lipinski definition) is 2. The molecule has 3 rings (SSSR count). The summed E-state index contributed by atoms with van der Waals surface area (Å²) in [5.74, 6) is -0.884. The van der Waals surface area contributed by atoms with Gasteiger partial charge in [-0.15, -0.1) is 13.2 Å². The first-order valence-corrected chi connectivity index (χ1v) is 15.6. The molecule has 3 aromatic rings. The number of aromatic carboxylic acids is 1. The largest absolute Gasteiger partial charge is 0.487 e. The van der Waals surface area contributed by atoms with Crippen LogP contribution >= 0.6 is 0 Å². The van der Waals surface area contributed by atoms with Gasteiger partial charge < -0.3 is 19.9 Å². The standard InChI is InChI=1S/C20H19N3O5.C6H10.2C4H8.2C2H6/c1-27-19-11-16(20(25)26)22-23(19)12-18(24)21-15-9-5-6-10-17(15)28-13-14-7-3-2-4-8-14;1-3-5-6-4-2;2*1-3-4-2;2*1-2/h2-11H,12-13H2,1H3,(H,21,24)(H,25,26);3-4,6H,1,5H2,2H3;3-4H,1-2H3;3H,1,4H2,2H3;2*1-2H3/b;6-4+;4-3+;;;. The van der Waals surface area contributed by atoms with Gasteiger partial charge in [0.15, 0.2) is 5.69 Å². The Morgan fingerprint density at radius 3 is 1.93 bits per heavy atom. The van der Waals surface area contributed by atoms with Crippen LogP contribution in [0.25, 0.3) is 0 Å². The summed E-state index contributed by atoms with van der Waals surface area (Å²) in [5.41, 5.74) is 1.32. The molecule has 1 aromatic heterocycles. The van der Waals surface area contributed by atoms with Crippen LogP contribution in [0.2, 0.25) is 0 Å². The molecule has 8 heteroatoms. The third-order valence-electron chi connectivity index (χ3n) is 5.02.